The molecule has 7 rings (SSSR count). The van der Waals surface area contributed by atoms with E-state index in [9.17, 15) is 0 Å². The maximum Gasteiger partial charge on any atom is 0.319 e. The summed E-state index contributed by atoms with van der Waals surface area (Å²) in [5.41, 5.74) is 0.337. The Bertz CT molecular complexity index is 1840. The first kappa shape index (κ1) is 31.5. The number of hydrogen-bond donors (Lipinski definition) is 0. The number of aromatic nitrogens is 3. The number of fused-ring (bicyclic) bond motifs is 3. The molecule has 0 spiro atoms. The molecule has 9 nitrogen and oxygen atoms in total. The summed E-state index contributed by atoms with van der Waals surface area (Å²) in [5.74, 6) is 2.11. The van der Waals surface area contributed by atoms with E-state index >= 15 is 8.78 Å². The number of likely N-dealkylation sites (tertiary alicyclic amines) is 1. The number of benzene rings is 2. The average Bonchev–Trinajstić information content (AvgIpc) is 3.34. The van der Waals surface area contributed by atoms with Crippen molar-refractivity contribution in [1.82, 2.24) is 19.9 Å². The molecule has 11 heteroatoms. The van der Waals surface area contributed by atoms with Crippen LogP contribution < -0.4 is 14.4 Å². The normalized spacial score (nSPS) is 21.9. The number of ether oxygens (including phenoxy) is 4. The maximum atomic E-state index is 17.0. The lowest BCUT2D eigenvalue weighted by Crippen LogP contribution is -2.50. The van der Waals surface area contributed by atoms with Crippen molar-refractivity contribution in [2.24, 2.45) is 5.41 Å². The number of pyridine rings is 1. The molecule has 2 saturated heterocycles. The van der Waals surface area contributed by atoms with E-state index in [1.54, 1.807) is 24.4 Å². The first-order chi connectivity index (χ1) is 22.9. The minimum atomic E-state index is -0.686. The van der Waals surface area contributed by atoms with Gasteiger partial charge in [-0.25, -0.2) is 8.78 Å². The Morgan fingerprint density at radius 1 is 1.06 bits per heavy atom. The Labute approximate surface area is 273 Å². The van der Waals surface area contributed by atoms with Crippen LogP contribution in [0, 0.1) is 29.4 Å². The molecule has 1 saturated carbocycles. The second-order valence-corrected chi connectivity index (χ2v) is 12.8. The Balaban J connectivity index is 1.38. The number of rotatable bonds is 8. The predicted octanol–water partition coefficient (Wildman–Crippen LogP) is 5.96. The molecule has 0 bridgehead atoms. The molecule has 2 aliphatic heterocycles. The van der Waals surface area contributed by atoms with Gasteiger partial charge in [-0.05, 0) is 69.3 Å². The van der Waals surface area contributed by atoms with Crippen molar-refractivity contribution < 1.29 is 27.7 Å². The fourth-order valence-corrected chi connectivity index (χ4v) is 7.81. The molecule has 0 radical (unpaired) electrons. The van der Waals surface area contributed by atoms with Crippen LogP contribution >= 0.6 is 0 Å². The second kappa shape index (κ2) is 13.2. The predicted molar refractivity (Wildman–Crippen MR) is 176 cm³/mol. The van der Waals surface area contributed by atoms with Crippen LogP contribution in [0.1, 0.15) is 44.1 Å². The average molecular weight is 644 g/mol. The second-order valence-electron chi connectivity index (χ2n) is 12.8. The van der Waals surface area contributed by atoms with Crippen molar-refractivity contribution in [2.75, 3.05) is 65.3 Å². The Hall–Kier alpha value is -4.11. The zero-order valence-corrected chi connectivity index (χ0v) is 26.9. The van der Waals surface area contributed by atoms with Gasteiger partial charge in [0.05, 0.1) is 24.2 Å². The molecular weight excluding hydrogens is 604 g/mol. The number of methoxy groups -OCH3 is 1. The van der Waals surface area contributed by atoms with Crippen LogP contribution in [0.2, 0.25) is 0 Å². The van der Waals surface area contributed by atoms with E-state index in [0.717, 1.165) is 45.1 Å². The largest absolute Gasteiger partial charge is 0.468 e. The molecule has 4 aromatic rings. The zero-order valence-electron chi connectivity index (χ0n) is 26.9. The summed E-state index contributed by atoms with van der Waals surface area (Å²) in [6.45, 7) is 3.94. The van der Waals surface area contributed by atoms with Crippen molar-refractivity contribution in [2.45, 2.75) is 44.6 Å². The van der Waals surface area contributed by atoms with Gasteiger partial charge < -0.3 is 28.7 Å². The molecule has 47 heavy (non-hydrogen) atoms. The summed E-state index contributed by atoms with van der Waals surface area (Å²) in [6.07, 6.45) is 13.7. The number of hydrogen-bond acceptors (Lipinski definition) is 9. The summed E-state index contributed by atoms with van der Waals surface area (Å²) in [7, 11) is 3.70. The quantitative estimate of drug-likeness (QED) is 0.171. The van der Waals surface area contributed by atoms with Gasteiger partial charge in [-0.1, -0.05) is 18.4 Å². The topological polar surface area (TPSA) is 82.1 Å². The fourth-order valence-electron chi connectivity index (χ4n) is 7.81. The van der Waals surface area contributed by atoms with Gasteiger partial charge in [0.25, 0.3) is 0 Å². The highest BCUT2D eigenvalue weighted by Crippen LogP contribution is 2.47. The van der Waals surface area contributed by atoms with Crippen molar-refractivity contribution >= 4 is 27.5 Å². The molecule has 3 fully saturated rings. The van der Waals surface area contributed by atoms with E-state index < -0.39 is 11.6 Å². The molecule has 2 aromatic carbocycles. The van der Waals surface area contributed by atoms with Gasteiger partial charge >= 0.3 is 6.01 Å². The van der Waals surface area contributed by atoms with Crippen molar-refractivity contribution in [3.8, 4) is 35.4 Å². The van der Waals surface area contributed by atoms with Crippen LogP contribution in [0.25, 0.3) is 32.9 Å². The van der Waals surface area contributed by atoms with Gasteiger partial charge in [0.15, 0.2) is 12.6 Å². The van der Waals surface area contributed by atoms with Crippen LogP contribution in [0.5, 0.6) is 11.8 Å². The maximum absolute atomic E-state index is 17.0. The highest BCUT2D eigenvalue weighted by molar-refractivity contribution is 6.03. The molecule has 0 N–H and O–H groups in total. The van der Waals surface area contributed by atoms with Crippen LogP contribution in [-0.2, 0) is 9.47 Å². The van der Waals surface area contributed by atoms with Gasteiger partial charge in [0, 0.05) is 55.4 Å². The fraction of sp³-hybridized carbons (Fsp3) is 0.472. The van der Waals surface area contributed by atoms with Crippen molar-refractivity contribution in [3.05, 3.63) is 47.7 Å². The lowest BCUT2D eigenvalue weighted by atomic mass is 9.76. The number of terminal acetylenes is 1. The lowest BCUT2D eigenvalue weighted by Gasteiger charge is -2.44. The third kappa shape index (κ3) is 5.83. The smallest absolute Gasteiger partial charge is 0.319 e. The summed E-state index contributed by atoms with van der Waals surface area (Å²) in [4.78, 5) is 18.7. The van der Waals surface area contributed by atoms with E-state index in [1.807, 2.05) is 0 Å². The number of nitrogens with zero attached hydrogens (tertiary/aromatic N) is 5. The molecule has 2 atom stereocenters. The van der Waals surface area contributed by atoms with Crippen LogP contribution in [0.15, 0.2) is 30.5 Å². The van der Waals surface area contributed by atoms with Gasteiger partial charge in [0.2, 0.25) is 0 Å². The molecule has 2 aromatic heterocycles. The third-order valence-corrected chi connectivity index (χ3v) is 10.0. The van der Waals surface area contributed by atoms with Gasteiger partial charge in [0.1, 0.15) is 28.6 Å². The minimum Gasteiger partial charge on any atom is -0.468 e. The van der Waals surface area contributed by atoms with Gasteiger partial charge in [-0.3, -0.25) is 4.98 Å². The van der Waals surface area contributed by atoms with E-state index in [-0.39, 0.29) is 40.6 Å². The van der Waals surface area contributed by atoms with E-state index in [4.69, 9.17) is 30.4 Å². The summed E-state index contributed by atoms with van der Waals surface area (Å²) >= 11 is 0. The monoisotopic (exact) mass is 643 g/mol. The van der Waals surface area contributed by atoms with Gasteiger partial charge in [-0.15, -0.1) is 6.42 Å². The van der Waals surface area contributed by atoms with E-state index in [2.05, 4.69) is 32.7 Å². The Morgan fingerprint density at radius 2 is 1.94 bits per heavy atom. The Kier molecular flexibility index (Phi) is 8.83. The molecule has 0 amide bonds. The van der Waals surface area contributed by atoms with E-state index in [0.29, 0.717) is 66.7 Å². The van der Waals surface area contributed by atoms with Crippen molar-refractivity contribution in [1.29, 1.82) is 0 Å². The first-order valence-electron chi connectivity index (χ1n) is 16.3. The number of piperidine rings is 1. The molecule has 4 heterocycles. The molecular formula is C36H39F2N5O4. The Morgan fingerprint density at radius 3 is 2.79 bits per heavy atom. The number of anilines is 1. The SMILES string of the molecule is C#Cc1c(F)ccc2cc(OCOC)cc(-c3ncc4c(N5CCCOCC5)nc(OC[C@]56CCC[C@H]5N(C)CCC6)nc4c3F)c12. The molecule has 246 valence electrons. The van der Waals surface area contributed by atoms with Gasteiger partial charge in [-0.2, -0.15) is 9.97 Å². The lowest BCUT2D eigenvalue weighted by molar-refractivity contribution is 0.0133. The molecule has 1 aliphatic carbocycles. The summed E-state index contributed by atoms with van der Waals surface area (Å²) < 4.78 is 55.0. The standard InChI is InChI=1S/C36H39F2N5O4/c1-4-25-28(37)10-9-23-18-24(47-22-44-3)19-26(30(23)25)32-31(38)33-27(20-39-32)34(43-14-7-16-45-17-15-43)41-35(40-33)46-21-36-11-5-8-29(36)42(2)13-6-12-36/h1,9-10,18-20,29H,5-8,11-17,21-22H2,2-3H3/t29-,36-/m1/s1. The van der Waals surface area contributed by atoms with Crippen LogP contribution in [0.4, 0.5) is 14.6 Å². The highest BCUT2D eigenvalue weighted by atomic mass is 19.1. The zero-order chi connectivity index (χ0) is 32.5. The summed E-state index contributed by atoms with van der Waals surface area (Å²) in [6, 6.07) is 6.75. The van der Waals surface area contributed by atoms with Crippen LogP contribution in [-0.4, -0.2) is 86.3 Å². The first-order valence-corrected chi connectivity index (χ1v) is 16.3. The van der Waals surface area contributed by atoms with Crippen LogP contribution in [0.3, 0.4) is 0 Å². The number of halogens is 2. The molecule has 3 aliphatic rings. The third-order valence-electron chi connectivity index (χ3n) is 10.0. The minimum absolute atomic E-state index is 0.0110. The van der Waals surface area contributed by atoms with E-state index in [1.165, 1.54) is 13.2 Å². The van der Waals surface area contributed by atoms with Crippen molar-refractivity contribution in [3.63, 3.8) is 0 Å². The molecule has 0 unspecified atom stereocenters. The highest BCUT2D eigenvalue weighted by Gasteiger charge is 2.47. The summed E-state index contributed by atoms with van der Waals surface area (Å²) in [5, 5.41) is 1.38.